The lowest BCUT2D eigenvalue weighted by atomic mass is 10.2. The average molecular weight is 224 g/mol. The zero-order valence-corrected chi connectivity index (χ0v) is 10.0. The summed E-state index contributed by atoms with van der Waals surface area (Å²) in [4.78, 5) is 24.9. The molecule has 0 bridgehead atoms. The summed E-state index contributed by atoms with van der Waals surface area (Å²) >= 11 is 0. The standard InChI is InChI=1S/C12H20N2O2/c1-8(2)14-11(15)7-10(12(14)16)13-6-5-9-3-4-9/h8-10,13H,3-7H2,1-2H3. The van der Waals surface area contributed by atoms with E-state index in [0.717, 1.165) is 18.9 Å². The van der Waals surface area contributed by atoms with Crippen LogP contribution in [0.3, 0.4) is 0 Å². The summed E-state index contributed by atoms with van der Waals surface area (Å²) in [5, 5.41) is 3.21. The quantitative estimate of drug-likeness (QED) is 0.706. The fourth-order valence-electron chi connectivity index (χ4n) is 2.22. The second-order valence-corrected chi connectivity index (χ2v) is 5.14. The zero-order chi connectivity index (χ0) is 11.7. The van der Waals surface area contributed by atoms with Crippen molar-refractivity contribution in [3.8, 4) is 0 Å². The van der Waals surface area contributed by atoms with E-state index in [4.69, 9.17) is 0 Å². The number of likely N-dealkylation sites (tertiary alicyclic amines) is 1. The van der Waals surface area contributed by atoms with Crippen molar-refractivity contribution in [1.82, 2.24) is 10.2 Å². The van der Waals surface area contributed by atoms with Crippen LogP contribution in [0.2, 0.25) is 0 Å². The molecule has 1 aliphatic carbocycles. The van der Waals surface area contributed by atoms with Crippen LogP contribution in [0.15, 0.2) is 0 Å². The molecule has 0 aromatic carbocycles. The van der Waals surface area contributed by atoms with Gasteiger partial charge in [0.2, 0.25) is 11.8 Å². The van der Waals surface area contributed by atoms with E-state index in [9.17, 15) is 9.59 Å². The number of carbonyl (C=O) groups excluding carboxylic acids is 2. The van der Waals surface area contributed by atoms with Crippen LogP contribution in [0.4, 0.5) is 0 Å². The highest BCUT2D eigenvalue weighted by molar-refractivity contribution is 6.05. The van der Waals surface area contributed by atoms with Crippen LogP contribution in [-0.2, 0) is 9.59 Å². The zero-order valence-electron chi connectivity index (χ0n) is 10.0. The molecule has 0 spiro atoms. The number of hydrogen-bond donors (Lipinski definition) is 1. The number of amides is 2. The lowest BCUT2D eigenvalue weighted by molar-refractivity contribution is -0.140. The van der Waals surface area contributed by atoms with E-state index in [1.54, 1.807) is 0 Å². The molecule has 16 heavy (non-hydrogen) atoms. The molecule has 90 valence electrons. The molecular formula is C12H20N2O2. The molecule has 4 nitrogen and oxygen atoms in total. The molecule has 1 atom stereocenters. The first-order valence-electron chi connectivity index (χ1n) is 6.19. The van der Waals surface area contributed by atoms with Gasteiger partial charge < -0.3 is 5.32 Å². The molecule has 0 aromatic heterocycles. The van der Waals surface area contributed by atoms with Crippen LogP contribution in [-0.4, -0.2) is 35.3 Å². The Labute approximate surface area is 96.4 Å². The van der Waals surface area contributed by atoms with Crippen LogP contribution >= 0.6 is 0 Å². The molecule has 1 N–H and O–H groups in total. The van der Waals surface area contributed by atoms with Gasteiger partial charge in [0.05, 0.1) is 12.5 Å². The van der Waals surface area contributed by atoms with Gasteiger partial charge in [0.25, 0.3) is 0 Å². The Balaban J connectivity index is 1.81. The largest absolute Gasteiger partial charge is 0.305 e. The van der Waals surface area contributed by atoms with Gasteiger partial charge in [-0.15, -0.1) is 0 Å². The van der Waals surface area contributed by atoms with E-state index >= 15 is 0 Å². The Morgan fingerprint density at radius 1 is 1.38 bits per heavy atom. The first-order chi connectivity index (χ1) is 7.59. The van der Waals surface area contributed by atoms with Crippen molar-refractivity contribution in [2.24, 2.45) is 5.92 Å². The summed E-state index contributed by atoms with van der Waals surface area (Å²) in [5.41, 5.74) is 0. The first-order valence-corrected chi connectivity index (χ1v) is 6.19. The fourth-order valence-corrected chi connectivity index (χ4v) is 2.22. The van der Waals surface area contributed by atoms with E-state index in [0.29, 0.717) is 6.42 Å². The number of rotatable bonds is 5. The highest BCUT2D eigenvalue weighted by Gasteiger charge is 2.39. The Morgan fingerprint density at radius 3 is 2.56 bits per heavy atom. The minimum absolute atomic E-state index is 0.0183. The van der Waals surface area contributed by atoms with Gasteiger partial charge in [-0.05, 0) is 32.7 Å². The van der Waals surface area contributed by atoms with Crippen LogP contribution in [0.5, 0.6) is 0 Å². The third-order valence-electron chi connectivity index (χ3n) is 3.34. The van der Waals surface area contributed by atoms with Crippen molar-refractivity contribution in [2.45, 2.75) is 51.6 Å². The van der Waals surface area contributed by atoms with Gasteiger partial charge in [-0.1, -0.05) is 12.8 Å². The van der Waals surface area contributed by atoms with Crippen molar-refractivity contribution in [2.75, 3.05) is 6.54 Å². The summed E-state index contributed by atoms with van der Waals surface area (Å²) in [6.45, 7) is 4.62. The van der Waals surface area contributed by atoms with E-state index in [1.165, 1.54) is 17.7 Å². The van der Waals surface area contributed by atoms with Crippen LogP contribution in [0, 0.1) is 5.92 Å². The van der Waals surface area contributed by atoms with Gasteiger partial charge in [0.15, 0.2) is 0 Å². The summed E-state index contributed by atoms with van der Waals surface area (Å²) in [5.74, 6) is 0.778. The topological polar surface area (TPSA) is 49.4 Å². The van der Waals surface area contributed by atoms with Gasteiger partial charge in [0, 0.05) is 6.04 Å². The number of nitrogens with zero attached hydrogens (tertiary/aromatic N) is 1. The molecule has 0 aromatic rings. The van der Waals surface area contributed by atoms with E-state index in [-0.39, 0.29) is 23.9 Å². The predicted molar refractivity (Wildman–Crippen MR) is 60.7 cm³/mol. The summed E-state index contributed by atoms with van der Waals surface area (Å²) in [6, 6.07) is -0.288. The van der Waals surface area contributed by atoms with Crippen molar-refractivity contribution >= 4 is 11.8 Å². The summed E-state index contributed by atoms with van der Waals surface area (Å²) in [6.07, 6.45) is 4.13. The number of hydrogen-bond acceptors (Lipinski definition) is 3. The average Bonchev–Trinajstić information content (AvgIpc) is 2.94. The second kappa shape index (κ2) is 4.53. The van der Waals surface area contributed by atoms with E-state index in [2.05, 4.69) is 5.32 Å². The summed E-state index contributed by atoms with van der Waals surface area (Å²) in [7, 11) is 0. The predicted octanol–water partition coefficient (Wildman–Crippen LogP) is 0.912. The highest BCUT2D eigenvalue weighted by atomic mass is 16.2. The van der Waals surface area contributed by atoms with Gasteiger partial charge in [-0.3, -0.25) is 14.5 Å². The van der Waals surface area contributed by atoms with E-state index in [1.807, 2.05) is 13.8 Å². The molecular weight excluding hydrogens is 204 g/mol. The third kappa shape index (κ3) is 2.43. The van der Waals surface area contributed by atoms with Crippen molar-refractivity contribution in [3.05, 3.63) is 0 Å². The lowest BCUT2D eigenvalue weighted by Crippen LogP contribution is -2.42. The van der Waals surface area contributed by atoms with Gasteiger partial charge >= 0.3 is 0 Å². The summed E-state index contributed by atoms with van der Waals surface area (Å²) < 4.78 is 0. The van der Waals surface area contributed by atoms with Gasteiger partial charge in [-0.2, -0.15) is 0 Å². The van der Waals surface area contributed by atoms with Crippen molar-refractivity contribution in [3.63, 3.8) is 0 Å². The molecule has 0 radical (unpaired) electrons. The molecule has 2 amide bonds. The molecule has 1 heterocycles. The monoisotopic (exact) mass is 224 g/mol. The molecule has 1 saturated heterocycles. The normalized spacial score (nSPS) is 25.9. The first kappa shape index (κ1) is 11.6. The highest BCUT2D eigenvalue weighted by Crippen LogP contribution is 2.31. The number of nitrogens with one attached hydrogen (secondary N) is 1. The Kier molecular flexibility index (Phi) is 3.28. The second-order valence-electron chi connectivity index (χ2n) is 5.14. The molecule has 2 aliphatic rings. The lowest BCUT2D eigenvalue weighted by Gasteiger charge is -2.19. The van der Waals surface area contributed by atoms with E-state index < -0.39 is 0 Å². The maximum atomic E-state index is 11.9. The Morgan fingerprint density at radius 2 is 2.06 bits per heavy atom. The molecule has 2 fully saturated rings. The molecule has 1 aliphatic heterocycles. The Bertz CT molecular complexity index is 297. The minimum Gasteiger partial charge on any atom is -0.305 e. The van der Waals surface area contributed by atoms with Crippen LogP contribution in [0.25, 0.3) is 0 Å². The Hall–Kier alpha value is -0.900. The number of imide groups is 1. The van der Waals surface area contributed by atoms with Crippen molar-refractivity contribution < 1.29 is 9.59 Å². The molecule has 1 unspecified atom stereocenters. The maximum absolute atomic E-state index is 11.9. The number of carbonyl (C=O) groups is 2. The maximum Gasteiger partial charge on any atom is 0.247 e. The smallest absolute Gasteiger partial charge is 0.247 e. The molecule has 1 saturated carbocycles. The fraction of sp³-hybridized carbons (Fsp3) is 0.833. The van der Waals surface area contributed by atoms with Crippen molar-refractivity contribution in [1.29, 1.82) is 0 Å². The van der Waals surface area contributed by atoms with Crippen LogP contribution in [0.1, 0.15) is 39.5 Å². The van der Waals surface area contributed by atoms with Gasteiger partial charge in [0.1, 0.15) is 0 Å². The SMILES string of the molecule is CC(C)N1C(=O)CC(NCCC2CC2)C1=O. The molecule has 4 heteroatoms. The molecule has 2 rings (SSSR count). The van der Waals surface area contributed by atoms with Gasteiger partial charge in [-0.25, -0.2) is 0 Å². The third-order valence-corrected chi connectivity index (χ3v) is 3.34. The van der Waals surface area contributed by atoms with Crippen LogP contribution < -0.4 is 5.32 Å². The minimum atomic E-state index is -0.270.